The monoisotopic (exact) mass is 182 g/mol. The van der Waals surface area contributed by atoms with Crippen LogP contribution in [0, 0.1) is 0 Å². The topological polar surface area (TPSA) is 52.0 Å². The van der Waals surface area contributed by atoms with Gasteiger partial charge in [0.05, 0.1) is 6.54 Å². The molecule has 0 saturated heterocycles. The van der Waals surface area contributed by atoms with Crippen molar-refractivity contribution in [2.24, 2.45) is 5.73 Å². The van der Waals surface area contributed by atoms with Gasteiger partial charge in [0, 0.05) is 10.6 Å². The van der Waals surface area contributed by atoms with Crippen molar-refractivity contribution in [3.8, 4) is 0 Å². The highest BCUT2D eigenvalue weighted by atomic mass is 35.5. The van der Waals surface area contributed by atoms with E-state index in [0.717, 1.165) is 17.3 Å². The summed E-state index contributed by atoms with van der Waals surface area (Å²) in [6.07, 6.45) is 0. The van der Waals surface area contributed by atoms with Crippen LogP contribution in [-0.2, 0) is 6.54 Å². The van der Waals surface area contributed by atoms with E-state index in [-0.39, 0.29) is 0 Å². The van der Waals surface area contributed by atoms with Gasteiger partial charge in [0.25, 0.3) is 0 Å². The third-order valence-electron chi connectivity index (χ3n) is 1.81. The Morgan fingerprint density at radius 1 is 1.50 bits per heavy atom. The van der Waals surface area contributed by atoms with Crippen LogP contribution in [0.3, 0.4) is 0 Å². The molecule has 0 spiro atoms. The third kappa shape index (κ3) is 1.23. The fraction of sp³-hybridized carbons (Fsp3) is 0.125. The lowest BCUT2D eigenvalue weighted by molar-refractivity contribution is -0.477. The number of fused-ring (bicyclic) bond motifs is 1. The Kier molecular flexibility index (Phi) is 1.66. The molecule has 0 saturated carbocycles. The Balaban J connectivity index is 2.43. The largest absolute Gasteiger partial charge is 0.346 e. The zero-order valence-corrected chi connectivity index (χ0v) is 7.15. The number of guanidine groups is 1. The van der Waals surface area contributed by atoms with Crippen molar-refractivity contribution in [1.82, 2.24) is 0 Å². The molecule has 0 atom stereocenters. The Hall–Kier alpha value is -1.22. The van der Waals surface area contributed by atoms with Crippen LogP contribution < -0.4 is 16.0 Å². The van der Waals surface area contributed by atoms with Gasteiger partial charge in [0.2, 0.25) is 0 Å². The Morgan fingerprint density at radius 3 is 3.17 bits per heavy atom. The van der Waals surface area contributed by atoms with E-state index in [0.29, 0.717) is 5.96 Å². The zero-order chi connectivity index (χ0) is 8.55. The lowest BCUT2D eigenvalue weighted by Crippen LogP contribution is -2.77. The number of nitrogens with two attached hydrogens (primary N) is 1. The second kappa shape index (κ2) is 2.68. The first-order chi connectivity index (χ1) is 5.75. The molecule has 0 aromatic heterocycles. The van der Waals surface area contributed by atoms with Crippen LogP contribution in [0.5, 0.6) is 0 Å². The molecule has 4 heteroatoms. The number of nitrogens with one attached hydrogen (secondary N) is 2. The molecule has 1 aromatic carbocycles. The lowest BCUT2D eigenvalue weighted by atomic mass is 10.1. The molecule has 4 N–H and O–H groups in total. The van der Waals surface area contributed by atoms with Crippen molar-refractivity contribution in [2.75, 3.05) is 5.32 Å². The van der Waals surface area contributed by atoms with E-state index in [1.807, 2.05) is 18.2 Å². The molecule has 0 amide bonds. The van der Waals surface area contributed by atoms with E-state index >= 15 is 0 Å². The van der Waals surface area contributed by atoms with Crippen molar-refractivity contribution in [3.05, 3.63) is 28.8 Å². The second-order valence-electron chi connectivity index (χ2n) is 2.69. The minimum absolute atomic E-state index is 0.574. The van der Waals surface area contributed by atoms with Crippen LogP contribution in [0.25, 0.3) is 0 Å². The van der Waals surface area contributed by atoms with Gasteiger partial charge in [-0.05, 0) is 12.1 Å². The summed E-state index contributed by atoms with van der Waals surface area (Å²) in [4.78, 5) is 3.00. The predicted octanol–water partition coefficient (Wildman–Crippen LogP) is -0.339. The molecule has 3 nitrogen and oxygen atoms in total. The van der Waals surface area contributed by atoms with Crippen LogP contribution in [0.15, 0.2) is 18.2 Å². The summed E-state index contributed by atoms with van der Waals surface area (Å²) in [7, 11) is 0. The number of hydrogen-bond donors (Lipinski definition) is 3. The number of hydrogen-bond acceptors (Lipinski definition) is 2. The Morgan fingerprint density at radius 2 is 2.33 bits per heavy atom. The van der Waals surface area contributed by atoms with E-state index in [9.17, 15) is 0 Å². The maximum atomic E-state index is 5.81. The molecular formula is C8H9ClN3+. The van der Waals surface area contributed by atoms with Gasteiger partial charge < -0.3 is 0 Å². The van der Waals surface area contributed by atoms with Crippen LogP contribution >= 0.6 is 11.6 Å². The third-order valence-corrected chi connectivity index (χ3v) is 2.05. The number of halogens is 1. The Labute approximate surface area is 75.2 Å². The van der Waals surface area contributed by atoms with Crippen molar-refractivity contribution in [1.29, 1.82) is 0 Å². The molecule has 0 fully saturated rings. The molecule has 0 bridgehead atoms. The first-order valence-corrected chi connectivity index (χ1v) is 4.05. The van der Waals surface area contributed by atoms with Crippen molar-refractivity contribution in [3.63, 3.8) is 0 Å². The first kappa shape index (κ1) is 7.43. The van der Waals surface area contributed by atoms with Crippen molar-refractivity contribution in [2.45, 2.75) is 6.54 Å². The number of benzene rings is 1. The molecule has 1 heterocycles. The molecule has 1 aliphatic rings. The summed E-state index contributed by atoms with van der Waals surface area (Å²) in [5.41, 5.74) is 7.71. The highest BCUT2D eigenvalue weighted by Gasteiger charge is 2.13. The standard InChI is InChI=1S/C8H8ClN3/c9-6-2-1-5-4-11-8(10)12-7(5)3-6/h1-3H,4H2,(H3,10,11,12)/p+1. The van der Waals surface area contributed by atoms with Gasteiger partial charge in [-0.25, -0.2) is 5.32 Å². The van der Waals surface area contributed by atoms with Gasteiger partial charge in [0.15, 0.2) is 0 Å². The van der Waals surface area contributed by atoms with E-state index in [2.05, 4.69) is 10.3 Å². The maximum absolute atomic E-state index is 5.81. The van der Waals surface area contributed by atoms with E-state index < -0.39 is 0 Å². The highest BCUT2D eigenvalue weighted by molar-refractivity contribution is 6.31. The average Bonchev–Trinajstić information content (AvgIpc) is 2.03. The second-order valence-corrected chi connectivity index (χ2v) is 3.13. The summed E-state index contributed by atoms with van der Waals surface area (Å²) in [5.74, 6) is 0.574. The van der Waals surface area contributed by atoms with Crippen molar-refractivity contribution >= 4 is 23.2 Å². The predicted molar refractivity (Wildman–Crippen MR) is 48.9 cm³/mol. The van der Waals surface area contributed by atoms with Crippen LogP contribution in [0.2, 0.25) is 5.02 Å². The molecule has 0 aliphatic carbocycles. The summed E-state index contributed by atoms with van der Waals surface area (Å²) in [6.45, 7) is 0.755. The van der Waals surface area contributed by atoms with E-state index in [4.69, 9.17) is 17.3 Å². The molecule has 2 rings (SSSR count). The maximum Gasteiger partial charge on any atom is 0.346 e. The summed E-state index contributed by atoms with van der Waals surface area (Å²) >= 11 is 5.81. The molecular weight excluding hydrogens is 174 g/mol. The van der Waals surface area contributed by atoms with Gasteiger partial charge in [-0.2, -0.15) is 0 Å². The van der Waals surface area contributed by atoms with Gasteiger partial charge >= 0.3 is 5.96 Å². The van der Waals surface area contributed by atoms with Gasteiger partial charge in [-0.15, -0.1) is 0 Å². The minimum atomic E-state index is 0.574. The Bertz CT molecular complexity index is 346. The molecule has 62 valence electrons. The summed E-state index contributed by atoms with van der Waals surface area (Å²) < 4.78 is 0. The first-order valence-electron chi connectivity index (χ1n) is 3.67. The fourth-order valence-electron chi connectivity index (χ4n) is 1.20. The molecule has 12 heavy (non-hydrogen) atoms. The summed E-state index contributed by atoms with van der Waals surface area (Å²) in [5, 5.41) is 3.72. The molecule has 0 radical (unpaired) electrons. The average molecular weight is 183 g/mol. The summed E-state index contributed by atoms with van der Waals surface area (Å²) in [6, 6.07) is 5.71. The zero-order valence-electron chi connectivity index (χ0n) is 6.39. The minimum Gasteiger partial charge on any atom is -0.291 e. The van der Waals surface area contributed by atoms with Crippen LogP contribution in [0.1, 0.15) is 5.56 Å². The van der Waals surface area contributed by atoms with Gasteiger partial charge in [-0.1, -0.05) is 17.7 Å². The molecule has 0 unspecified atom stereocenters. The number of rotatable bonds is 0. The van der Waals surface area contributed by atoms with Gasteiger partial charge in [-0.3, -0.25) is 10.7 Å². The quantitative estimate of drug-likeness (QED) is 0.514. The number of anilines is 1. The fourth-order valence-corrected chi connectivity index (χ4v) is 1.37. The van der Waals surface area contributed by atoms with Crippen LogP contribution in [-0.4, -0.2) is 5.96 Å². The lowest BCUT2D eigenvalue weighted by Gasteiger charge is -2.10. The van der Waals surface area contributed by atoms with Gasteiger partial charge in [0.1, 0.15) is 5.69 Å². The highest BCUT2D eigenvalue weighted by Crippen LogP contribution is 2.20. The SMILES string of the molecule is NC1=[NH+]Cc2ccc(Cl)cc2N1. The van der Waals surface area contributed by atoms with E-state index in [1.54, 1.807) is 0 Å². The van der Waals surface area contributed by atoms with Crippen molar-refractivity contribution < 1.29 is 4.99 Å². The normalized spacial score (nSPS) is 14.6. The molecule has 1 aliphatic heterocycles. The van der Waals surface area contributed by atoms with E-state index in [1.165, 1.54) is 5.56 Å². The molecule has 1 aromatic rings. The van der Waals surface area contributed by atoms with Crippen LogP contribution in [0.4, 0.5) is 5.69 Å². The smallest absolute Gasteiger partial charge is 0.291 e.